The Morgan fingerprint density at radius 3 is 2.29 bits per heavy atom. The van der Waals surface area contributed by atoms with Crippen molar-refractivity contribution in [3.8, 4) is 0 Å². The summed E-state index contributed by atoms with van der Waals surface area (Å²) in [6.07, 6.45) is 7.86. The SMILES string of the molecule is CCCCNc1nc(NC2CCCN2Cc2cccc(CN3CC(=O)Nc4c(N)nc(NCC5CCCO5)nc43)c2)c2c(n1)N(Cc1ccnc(N3CCOCC3)c1)CC(=O)N2. The molecular weight excluding hydrogens is 791 g/mol. The van der Waals surface area contributed by atoms with Crippen molar-refractivity contribution in [3.05, 3.63) is 59.3 Å². The predicted octanol–water partition coefficient (Wildman–Crippen LogP) is 3.83. The summed E-state index contributed by atoms with van der Waals surface area (Å²) in [5, 5.41) is 16.4. The van der Waals surface area contributed by atoms with Crippen LogP contribution in [0, 0.1) is 0 Å². The molecule has 3 aromatic heterocycles. The van der Waals surface area contributed by atoms with Crippen molar-refractivity contribution in [2.75, 3.05) is 113 Å². The fraction of sp³-hybridized carbons (Fsp3) is 0.512. The first-order chi connectivity index (χ1) is 30.3. The molecule has 3 saturated heterocycles. The number of aromatic nitrogens is 5. The molecule has 19 heteroatoms. The Morgan fingerprint density at radius 2 is 1.53 bits per heavy atom. The Bertz CT molecular complexity index is 2230. The summed E-state index contributed by atoms with van der Waals surface area (Å²) in [4.78, 5) is 58.6. The Kier molecular flexibility index (Phi) is 12.6. The molecule has 328 valence electrons. The first kappa shape index (κ1) is 41.3. The van der Waals surface area contributed by atoms with Crippen molar-refractivity contribution in [1.82, 2.24) is 29.8 Å². The number of nitrogens with zero attached hydrogens (tertiary/aromatic N) is 9. The number of hydrogen-bond acceptors (Lipinski definition) is 17. The van der Waals surface area contributed by atoms with Gasteiger partial charge in [0.2, 0.25) is 23.7 Å². The summed E-state index contributed by atoms with van der Waals surface area (Å²) in [6.45, 7) is 10.0. The number of ether oxygens (including phenoxy) is 2. The summed E-state index contributed by atoms with van der Waals surface area (Å²) in [7, 11) is 0. The number of likely N-dealkylation sites (tertiary alicyclic amines) is 1. The number of carbonyl (C=O) groups excluding carboxylic acids is 2. The van der Waals surface area contributed by atoms with E-state index in [1.807, 2.05) is 22.1 Å². The second-order valence-electron chi connectivity index (χ2n) is 16.5. The summed E-state index contributed by atoms with van der Waals surface area (Å²) < 4.78 is 11.3. The molecule has 2 atom stereocenters. The fourth-order valence-corrected chi connectivity index (χ4v) is 8.74. The van der Waals surface area contributed by atoms with E-state index in [2.05, 4.69) is 83.6 Å². The Balaban J connectivity index is 0.916. The smallest absolute Gasteiger partial charge is 0.244 e. The van der Waals surface area contributed by atoms with Gasteiger partial charge in [0.05, 0.1) is 38.6 Å². The quantitative estimate of drug-likeness (QED) is 0.0884. The van der Waals surface area contributed by atoms with Gasteiger partial charge in [-0.2, -0.15) is 19.9 Å². The standard InChI is InChI=1S/C43H57N15O4/c1-2-3-12-46-42-52-39(37-41(54-42)58(27-35(60)50-37)25-30-11-13-45-33(21-30)55-15-18-61-19-16-55)48-32-10-5-14-56(32)23-28-7-4-8-29(20-28)24-57-26-34(59)49-36-38(44)51-43(53-40(36)57)47-22-31-9-6-17-62-31/h4,7-8,11,13,20-21,31-32H,2-3,5-6,9-10,12,14-19,22-27H2,1H3,(H,49,59)(H,50,60)(H3,44,47,51,53)(H2,46,48,52,54). The molecule has 9 rings (SSSR count). The topological polar surface area (TPSA) is 216 Å². The van der Waals surface area contributed by atoms with Crippen LogP contribution >= 0.6 is 0 Å². The maximum absolute atomic E-state index is 13.4. The number of morpholine rings is 1. The van der Waals surface area contributed by atoms with Gasteiger partial charge in [-0.05, 0) is 60.9 Å². The van der Waals surface area contributed by atoms with E-state index in [1.165, 1.54) is 0 Å². The number of nitrogens with two attached hydrogens (primary N) is 1. The number of anilines is 9. The van der Waals surface area contributed by atoms with Gasteiger partial charge in [0, 0.05) is 65.2 Å². The summed E-state index contributed by atoms with van der Waals surface area (Å²) in [5.74, 6) is 3.62. The van der Waals surface area contributed by atoms with Gasteiger partial charge >= 0.3 is 0 Å². The van der Waals surface area contributed by atoms with Crippen molar-refractivity contribution in [2.24, 2.45) is 0 Å². The highest BCUT2D eigenvalue weighted by Gasteiger charge is 2.32. The third-order valence-corrected chi connectivity index (χ3v) is 11.9. The van der Waals surface area contributed by atoms with Crippen LogP contribution in [-0.4, -0.2) is 120 Å². The molecule has 7 N–H and O–H groups in total. The van der Waals surface area contributed by atoms with Crippen LogP contribution < -0.4 is 47.0 Å². The molecule has 5 aliphatic rings. The van der Waals surface area contributed by atoms with Crippen molar-refractivity contribution in [3.63, 3.8) is 0 Å². The van der Waals surface area contributed by atoms with Gasteiger partial charge < -0.3 is 56.5 Å². The number of fused-ring (bicyclic) bond motifs is 2. The molecule has 2 unspecified atom stereocenters. The molecule has 0 bridgehead atoms. The van der Waals surface area contributed by atoms with E-state index in [0.29, 0.717) is 80.1 Å². The van der Waals surface area contributed by atoms with Crippen LogP contribution in [0.3, 0.4) is 0 Å². The molecule has 8 heterocycles. The van der Waals surface area contributed by atoms with Gasteiger partial charge in [0.15, 0.2) is 23.3 Å². The zero-order chi connectivity index (χ0) is 42.4. The maximum atomic E-state index is 13.4. The summed E-state index contributed by atoms with van der Waals surface area (Å²) >= 11 is 0. The minimum Gasteiger partial charge on any atom is -0.382 e. The molecule has 19 nitrogen and oxygen atoms in total. The normalized spacial score (nSPS) is 20.1. The van der Waals surface area contributed by atoms with Gasteiger partial charge in [-0.3, -0.25) is 14.5 Å². The minimum atomic E-state index is -0.166. The number of nitrogens with one attached hydrogen (secondary N) is 5. The molecule has 0 spiro atoms. The highest BCUT2D eigenvalue weighted by Crippen LogP contribution is 2.38. The van der Waals surface area contributed by atoms with E-state index >= 15 is 0 Å². The average molecular weight is 848 g/mol. The third-order valence-electron chi connectivity index (χ3n) is 11.9. The van der Waals surface area contributed by atoms with Crippen LogP contribution in [0.4, 0.5) is 52.4 Å². The molecule has 0 saturated carbocycles. The number of rotatable bonds is 16. The van der Waals surface area contributed by atoms with Crippen molar-refractivity contribution < 1.29 is 19.1 Å². The highest BCUT2D eigenvalue weighted by molar-refractivity contribution is 6.04. The fourth-order valence-electron chi connectivity index (χ4n) is 8.74. The van der Waals surface area contributed by atoms with Crippen molar-refractivity contribution >= 4 is 64.2 Å². The van der Waals surface area contributed by atoms with Crippen LogP contribution in [-0.2, 0) is 38.7 Å². The molecule has 1 aromatic carbocycles. The molecule has 0 radical (unpaired) electrons. The first-order valence-electron chi connectivity index (χ1n) is 22.0. The lowest BCUT2D eigenvalue weighted by molar-refractivity contribution is -0.116. The predicted molar refractivity (Wildman–Crippen MR) is 239 cm³/mol. The Hall–Kier alpha value is -6.05. The number of hydrogen-bond donors (Lipinski definition) is 6. The van der Waals surface area contributed by atoms with Gasteiger partial charge in [-0.15, -0.1) is 0 Å². The van der Waals surface area contributed by atoms with Crippen LogP contribution in [0.25, 0.3) is 0 Å². The molecule has 3 fully saturated rings. The van der Waals surface area contributed by atoms with E-state index in [4.69, 9.17) is 30.2 Å². The molecule has 0 aliphatic carbocycles. The summed E-state index contributed by atoms with van der Waals surface area (Å²) in [6, 6.07) is 12.5. The van der Waals surface area contributed by atoms with Crippen LogP contribution in [0.1, 0.15) is 62.1 Å². The van der Waals surface area contributed by atoms with Gasteiger partial charge in [0.25, 0.3) is 0 Å². The first-order valence-corrected chi connectivity index (χ1v) is 22.0. The summed E-state index contributed by atoms with van der Waals surface area (Å²) in [5.41, 5.74) is 10.6. The highest BCUT2D eigenvalue weighted by atomic mass is 16.5. The number of unbranched alkanes of at least 4 members (excludes halogenated alkanes) is 1. The van der Waals surface area contributed by atoms with E-state index in [-0.39, 0.29) is 43.0 Å². The van der Waals surface area contributed by atoms with E-state index < -0.39 is 0 Å². The maximum Gasteiger partial charge on any atom is 0.244 e. The van der Waals surface area contributed by atoms with E-state index in [9.17, 15) is 9.59 Å². The molecule has 2 amide bonds. The second-order valence-corrected chi connectivity index (χ2v) is 16.5. The number of nitrogen functional groups attached to an aromatic ring is 1. The molecule has 5 aliphatic heterocycles. The average Bonchev–Trinajstić information content (AvgIpc) is 3.97. The molecule has 62 heavy (non-hydrogen) atoms. The lowest BCUT2D eigenvalue weighted by atomic mass is 10.1. The lowest BCUT2D eigenvalue weighted by Gasteiger charge is -2.33. The monoisotopic (exact) mass is 847 g/mol. The molecule has 4 aromatic rings. The zero-order valence-electron chi connectivity index (χ0n) is 35.4. The Labute approximate surface area is 361 Å². The van der Waals surface area contributed by atoms with Crippen LogP contribution in [0.2, 0.25) is 0 Å². The third kappa shape index (κ3) is 9.69. The minimum absolute atomic E-state index is 0.0393. The van der Waals surface area contributed by atoms with Gasteiger partial charge in [0.1, 0.15) is 17.2 Å². The molecular formula is C43H57N15O4. The van der Waals surface area contributed by atoms with Crippen molar-refractivity contribution in [1.29, 1.82) is 0 Å². The van der Waals surface area contributed by atoms with E-state index in [1.54, 1.807) is 0 Å². The Morgan fingerprint density at radius 1 is 0.806 bits per heavy atom. The number of pyridine rings is 1. The van der Waals surface area contributed by atoms with Crippen LogP contribution in [0.5, 0.6) is 0 Å². The van der Waals surface area contributed by atoms with Crippen LogP contribution in [0.15, 0.2) is 42.6 Å². The van der Waals surface area contributed by atoms with Crippen molar-refractivity contribution in [2.45, 2.75) is 77.4 Å². The van der Waals surface area contributed by atoms with Gasteiger partial charge in [-0.25, -0.2) is 4.98 Å². The number of benzene rings is 1. The second kappa shape index (κ2) is 18.9. The van der Waals surface area contributed by atoms with E-state index in [0.717, 1.165) is 93.8 Å². The number of amides is 2. The van der Waals surface area contributed by atoms with Gasteiger partial charge in [-0.1, -0.05) is 37.6 Å². The lowest BCUT2D eigenvalue weighted by Crippen LogP contribution is -2.40. The largest absolute Gasteiger partial charge is 0.382 e. The zero-order valence-corrected chi connectivity index (χ0v) is 35.4. The number of carbonyl (C=O) groups is 2.